The number of carbonyl (C=O) groups is 2. The van der Waals surface area contributed by atoms with Crippen LogP contribution in [0, 0.1) is 0 Å². The Kier molecular flexibility index (Phi) is 5.11. The molecule has 0 saturated carbocycles. The average Bonchev–Trinajstić information content (AvgIpc) is 2.50. The highest BCUT2D eigenvalue weighted by Gasteiger charge is 2.26. The minimum Gasteiger partial charge on any atom is -0.481 e. The molecule has 118 valence electrons. The second kappa shape index (κ2) is 7.04. The van der Waals surface area contributed by atoms with Crippen LogP contribution >= 0.6 is 0 Å². The van der Waals surface area contributed by atoms with E-state index in [1.165, 1.54) is 12.1 Å². The smallest absolute Gasteiger partial charge is 0.308 e. The quantitative estimate of drug-likeness (QED) is 0.818. The molecule has 2 rings (SSSR count). The number of rotatable bonds is 6. The summed E-state index contributed by atoms with van der Waals surface area (Å²) in [4.78, 5) is 27.3. The molecule has 7 nitrogen and oxygen atoms in total. The predicted molar refractivity (Wildman–Crippen MR) is 78.9 cm³/mol. The number of aliphatic carboxylic acids is 1. The molecule has 22 heavy (non-hydrogen) atoms. The lowest BCUT2D eigenvalue weighted by Gasteiger charge is -2.29. The monoisotopic (exact) mass is 305 g/mol. The summed E-state index contributed by atoms with van der Waals surface area (Å²) < 4.78 is 5.16. The third-order valence-electron chi connectivity index (χ3n) is 3.56. The van der Waals surface area contributed by atoms with Crippen LogP contribution in [0.1, 0.15) is 25.3 Å². The van der Waals surface area contributed by atoms with E-state index in [0.29, 0.717) is 31.0 Å². The third kappa shape index (κ3) is 3.62. The van der Waals surface area contributed by atoms with Crippen molar-refractivity contribution in [1.29, 1.82) is 0 Å². The number of hydrogen-bond donors (Lipinski definition) is 2. The maximum atomic E-state index is 12.3. The van der Waals surface area contributed by atoms with E-state index in [1.807, 2.05) is 6.07 Å². The summed E-state index contributed by atoms with van der Waals surface area (Å²) in [6.45, 7) is 2.69. The zero-order valence-corrected chi connectivity index (χ0v) is 12.6. The van der Waals surface area contributed by atoms with Gasteiger partial charge in [-0.25, -0.2) is 10.4 Å². The lowest BCUT2D eigenvalue weighted by Crippen LogP contribution is -2.46. The van der Waals surface area contributed by atoms with Crippen LogP contribution in [-0.2, 0) is 16.1 Å². The summed E-state index contributed by atoms with van der Waals surface area (Å²) >= 11 is 0. The van der Waals surface area contributed by atoms with Gasteiger partial charge in [-0.15, -0.1) is 0 Å². The van der Waals surface area contributed by atoms with Crippen molar-refractivity contribution in [2.24, 2.45) is 0 Å². The highest BCUT2D eigenvalue weighted by Crippen LogP contribution is 2.21. The number of ether oxygens (including phenoxy) is 1. The van der Waals surface area contributed by atoms with Gasteiger partial charge in [0.25, 0.3) is 5.91 Å². The Morgan fingerprint density at radius 1 is 1.55 bits per heavy atom. The summed E-state index contributed by atoms with van der Waals surface area (Å²) in [5.74, 6) is -0.788. The van der Waals surface area contributed by atoms with E-state index < -0.39 is 5.97 Å². The molecule has 0 unspecified atom stereocenters. The van der Waals surface area contributed by atoms with Crippen LogP contribution < -0.4 is 10.2 Å². The highest BCUT2D eigenvalue weighted by atomic mass is 16.5. The number of carboxylic acids is 1. The Morgan fingerprint density at radius 3 is 3.00 bits per heavy atom. The maximum absolute atomic E-state index is 12.3. The lowest BCUT2D eigenvalue weighted by atomic mass is 9.99. The molecular weight excluding hydrogens is 286 g/mol. The molecule has 0 aliphatic carbocycles. The summed E-state index contributed by atoms with van der Waals surface area (Å²) in [7, 11) is 1.54. The fourth-order valence-electron chi connectivity index (χ4n) is 2.33. The molecule has 0 spiro atoms. The van der Waals surface area contributed by atoms with Gasteiger partial charge in [0.05, 0.1) is 13.5 Å². The van der Waals surface area contributed by atoms with E-state index in [1.54, 1.807) is 19.2 Å². The van der Waals surface area contributed by atoms with E-state index in [0.717, 1.165) is 11.1 Å². The lowest BCUT2D eigenvalue weighted by molar-refractivity contribution is -0.139. The molecule has 1 aromatic rings. The fourth-order valence-corrected chi connectivity index (χ4v) is 2.33. The van der Waals surface area contributed by atoms with Gasteiger partial charge in [-0.05, 0) is 19.4 Å². The van der Waals surface area contributed by atoms with Gasteiger partial charge in [0.1, 0.15) is 0 Å². The number of methoxy groups -OCH3 is 1. The van der Waals surface area contributed by atoms with Crippen LogP contribution in [0.4, 0.5) is 0 Å². The van der Waals surface area contributed by atoms with Gasteiger partial charge in [0.2, 0.25) is 5.88 Å². The fraction of sp³-hybridized carbons (Fsp3) is 0.400. The number of hydrazine groups is 1. The normalized spacial score (nSPS) is 15.2. The second-order valence-corrected chi connectivity index (χ2v) is 5.04. The van der Waals surface area contributed by atoms with Crippen molar-refractivity contribution in [3.63, 3.8) is 0 Å². The molecule has 1 amide bonds. The number of pyridine rings is 1. The van der Waals surface area contributed by atoms with Crippen molar-refractivity contribution >= 4 is 11.9 Å². The van der Waals surface area contributed by atoms with Crippen LogP contribution in [0.25, 0.3) is 0 Å². The van der Waals surface area contributed by atoms with Crippen molar-refractivity contribution < 1.29 is 19.4 Å². The van der Waals surface area contributed by atoms with Gasteiger partial charge in [-0.2, -0.15) is 0 Å². The summed E-state index contributed by atoms with van der Waals surface area (Å²) in [5.41, 5.74) is 5.03. The first-order chi connectivity index (χ1) is 10.5. The molecule has 7 heteroatoms. The van der Waals surface area contributed by atoms with Crippen molar-refractivity contribution in [3.05, 3.63) is 35.0 Å². The first kappa shape index (κ1) is 16.0. The molecule has 0 atom stereocenters. The molecule has 0 fully saturated rings. The molecule has 2 heterocycles. The topological polar surface area (TPSA) is 91.8 Å². The number of aromatic nitrogens is 1. The molecule has 0 bridgehead atoms. The molecule has 0 saturated heterocycles. The van der Waals surface area contributed by atoms with Crippen LogP contribution in [-0.4, -0.2) is 40.6 Å². The van der Waals surface area contributed by atoms with Crippen LogP contribution in [0.5, 0.6) is 5.88 Å². The minimum atomic E-state index is -1.00. The second-order valence-electron chi connectivity index (χ2n) is 5.04. The van der Waals surface area contributed by atoms with Gasteiger partial charge in [0.15, 0.2) is 0 Å². The van der Waals surface area contributed by atoms with E-state index in [4.69, 9.17) is 9.84 Å². The number of nitrogens with zero attached hydrogens (tertiary/aromatic N) is 2. The first-order valence-corrected chi connectivity index (χ1v) is 6.96. The van der Waals surface area contributed by atoms with Gasteiger partial charge in [-0.1, -0.05) is 11.6 Å². The maximum Gasteiger partial charge on any atom is 0.308 e. The average molecular weight is 305 g/mol. The van der Waals surface area contributed by atoms with Gasteiger partial charge in [-0.3, -0.25) is 14.6 Å². The molecule has 1 aromatic heterocycles. The van der Waals surface area contributed by atoms with E-state index in [-0.39, 0.29) is 12.3 Å². The Balaban J connectivity index is 2.05. The Bertz CT molecular complexity index is 613. The number of nitrogens with one attached hydrogen (secondary N) is 1. The van der Waals surface area contributed by atoms with E-state index in [2.05, 4.69) is 10.4 Å². The number of amides is 1. The van der Waals surface area contributed by atoms with Crippen molar-refractivity contribution in [2.75, 3.05) is 13.7 Å². The zero-order chi connectivity index (χ0) is 16.1. The number of carbonyl (C=O) groups excluding carboxylic acids is 1. The summed E-state index contributed by atoms with van der Waals surface area (Å²) in [6, 6.07) is 3.64. The predicted octanol–water partition coefficient (Wildman–Crippen LogP) is 1.12. The number of hydrogen-bond acceptors (Lipinski definition) is 5. The summed E-state index contributed by atoms with van der Waals surface area (Å²) in [6.07, 6.45) is 2.04. The Labute approximate surface area is 128 Å². The molecule has 0 radical (unpaired) electrons. The standard InChI is InChI=1S/C15H19N3O4/c1-10-5-7-18(15(21)12(10)8-13(19)20)17-9-11-4-3-6-16-14(11)22-2/h3-4,6,17H,5,7-9H2,1-2H3,(H,19,20). The molecule has 0 aromatic carbocycles. The van der Waals surface area contributed by atoms with E-state index in [9.17, 15) is 9.59 Å². The minimum absolute atomic E-state index is 0.251. The largest absolute Gasteiger partial charge is 0.481 e. The molecular formula is C15H19N3O4. The Hall–Kier alpha value is -2.41. The molecule has 2 N–H and O–H groups in total. The first-order valence-electron chi connectivity index (χ1n) is 6.96. The van der Waals surface area contributed by atoms with E-state index >= 15 is 0 Å². The number of carboxylic acid groups (broad SMARTS) is 1. The third-order valence-corrected chi connectivity index (χ3v) is 3.56. The summed E-state index contributed by atoms with van der Waals surface area (Å²) in [5, 5.41) is 10.4. The Morgan fingerprint density at radius 2 is 2.32 bits per heavy atom. The SMILES string of the molecule is COc1ncccc1CNN1CCC(C)=C(CC(=O)O)C1=O. The van der Waals surface area contributed by atoms with Crippen molar-refractivity contribution in [2.45, 2.75) is 26.3 Å². The molecule has 1 aliphatic heterocycles. The van der Waals surface area contributed by atoms with Crippen LogP contribution in [0.3, 0.4) is 0 Å². The van der Waals surface area contributed by atoms with Crippen LogP contribution in [0.2, 0.25) is 0 Å². The van der Waals surface area contributed by atoms with Crippen molar-refractivity contribution in [1.82, 2.24) is 15.4 Å². The molecule has 1 aliphatic rings. The zero-order valence-electron chi connectivity index (χ0n) is 12.6. The van der Waals surface area contributed by atoms with Crippen LogP contribution in [0.15, 0.2) is 29.5 Å². The van der Waals surface area contributed by atoms with Gasteiger partial charge in [0, 0.05) is 30.4 Å². The highest BCUT2D eigenvalue weighted by molar-refractivity contribution is 5.98. The van der Waals surface area contributed by atoms with Gasteiger partial charge < -0.3 is 9.84 Å². The van der Waals surface area contributed by atoms with Crippen molar-refractivity contribution in [3.8, 4) is 5.88 Å². The van der Waals surface area contributed by atoms with Gasteiger partial charge >= 0.3 is 5.97 Å².